The number of aliphatic carboxylic acids is 1. The Bertz CT molecular complexity index is 639. The van der Waals surface area contributed by atoms with Crippen LogP contribution in [0.2, 0.25) is 15.1 Å². The van der Waals surface area contributed by atoms with Crippen molar-refractivity contribution in [3.8, 4) is 0 Å². The van der Waals surface area contributed by atoms with E-state index >= 15 is 0 Å². The van der Waals surface area contributed by atoms with Gasteiger partial charge in [-0.1, -0.05) is 34.8 Å². The predicted molar refractivity (Wildman–Crippen MR) is 76.0 cm³/mol. The van der Waals surface area contributed by atoms with Crippen LogP contribution in [0.3, 0.4) is 0 Å². The fourth-order valence-corrected chi connectivity index (χ4v) is 5.31. The molecule has 0 bridgehead atoms. The number of carboxylic acid groups (broad SMARTS) is 1. The molecule has 0 unspecified atom stereocenters. The van der Waals surface area contributed by atoms with Crippen molar-refractivity contribution in [2.75, 3.05) is 6.54 Å². The van der Waals surface area contributed by atoms with Crippen molar-refractivity contribution in [1.82, 2.24) is 4.31 Å². The van der Waals surface area contributed by atoms with Gasteiger partial charge in [-0.2, -0.15) is 4.31 Å². The van der Waals surface area contributed by atoms with Gasteiger partial charge in [0.25, 0.3) is 0 Å². The van der Waals surface area contributed by atoms with Gasteiger partial charge in [0.05, 0.1) is 10.0 Å². The Labute approximate surface area is 131 Å². The largest absolute Gasteiger partial charge is 0.480 e. The summed E-state index contributed by atoms with van der Waals surface area (Å²) in [4.78, 5) is 10.8. The number of rotatable bonds is 3. The summed E-state index contributed by atoms with van der Waals surface area (Å²) in [5.41, 5.74) is 0. The number of halogens is 3. The average molecular weight is 359 g/mol. The van der Waals surface area contributed by atoms with Crippen LogP contribution in [0.4, 0.5) is 0 Å². The minimum absolute atomic E-state index is 0.120. The maximum Gasteiger partial charge on any atom is 0.322 e. The van der Waals surface area contributed by atoms with E-state index in [2.05, 4.69) is 0 Å². The number of hydrogen-bond acceptors (Lipinski definition) is 3. The summed E-state index contributed by atoms with van der Waals surface area (Å²) in [7, 11) is -4.08. The van der Waals surface area contributed by atoms with Crippen LogP contribution in [0.15, 0.2) is 17.0 Å². The molecule has 1 aromatic carbocycles. The quantitative estimate of drug-likeness (QED) is 0.901. The normalized spacial score (nSPS) is 20.2. The molecule has 1 atom stereocenters. The van der Waals surface area contributed by atoms with Gasteiger partial charge in [-0.05, 0) is 25.0 Å². The zero-order valence-corrected chi connectivity index (χ0v) is 13.1. The first-order chi connectivity index (χ1) is 9.25. The molecule has 1 N–H and O–H groups in total. The molecule has 0 aliphatic carbocycles. The molecule has 20 heavy (non-hydrogen) atoms. The summed E-state index contributed by atoms with van der Waals surface area (Å²) in [6.45, 7) is 0.120. The molecular weight excluding hydrogens is 349 g/mol. The molecule has 5 nitrogen and oxygen atoms in total. The molecule has 0 aromatic heterocycles. The highest BCUT2D eigenvalue weighted by Gasteiger charge is 2.41. The Morgan fingerprint density at radius 2 is 1.80 bits per heavy atom. The monoisotopic (exact) mass is 357 g/mol. The molecule has 0 spiro atoms. The van der Waals surface area contributed by atoms with E-state index in [1.165, 1.54) is 12.1 Å². The highest BCUT2D eigenvalue weighted by atomic mass is 35.5. The molecule has 1 fully saturated rings. The van der Waals surface area contributed by atoms with E-state index in [4.69, 9.17) is 39.9 Å². The Kier molecular flexibility index (Phi) is 4.51. The van der Waals surface area contributed by atoms with Crippen LogP contribution in [-0.4, -0.2) is 36.4 Å². The Balaban J connectivity index is 2.54. The summed E-state index contributed by atoms with van der Waals surface area (Å²) in [6, 6.07) is 1.42. The van der Waals surface area contributed by atoms with Crippen molar-refractivity contribution in [3.63, 3.8) is 0 Å². The van der Waals surface area contributed by atoms with Gasteiger partial charge in [0.15, 0.2) is 0 Å². The molecule has 1 aromatic rings. The molecule has 1 saturated heterocycles. The lowest BCUT2D eigenvalue weighted by atomic mass is 10.2. The molecule has 0 saturated carbocycles. The maximum absolute atomic E-state index is 12.6. The third-order valence-corrected chi connectivity index (χ3v) is 6.07. The second-order valence-electron chi connectivity index (χ2n) is 4.31. The van der Waals surface area contributed by atoms with E-state index in [1.54, 1.807) is 0 Å². The molecule has 1 heterocycles. The smallest absolute Gasteiger partial charge is 0.322 e. The SMILES string of the molecule is O=C(O)[C@H]1CCCN1S(=O)(=O)c1c(Cl)cc(Cl)cc1Cl. The predicted octanol–water partition coefficient (Wildman–Crippen LogP) is 2.88. The molecule has 2 rings (SSSR count). The van der Waals surface area contributed by atoms with Crippen molar-refractivity contribution in [1.29, 1.82) is 0 Å². The first-order valence-electron chi connectivity index (χ1n) is 5.64. The van der Waals surface area contributed by atoms with Crippen LogP contribution in [0.25, 0.3) is 0 Å². The van der Waals surface area contributed by atoms with Crippen molar-refractivity contribution in [3.05, 3.63) is 27.2 Å². The van der Waals surface area contributed by atoms with Crippen LogP contribution in [0.5, 0.6) is 0 Å². The second-order valence-corrected chi connectivity index (χ2v) is 7.39. The van der Waals surface area contributed by atoms with Crippen molar-refractivity contribution < 1.29 is 18.3 Å². The van der Waals surface area contributed by atoms with Gasteiger partial charge in [0, 0.05) is 11.6 Å². The fraction of sp³-hybridized carbons (Fsp3) is 0.364. The molecular formula is C11H10Cl3NO4S. The Morgan fingerprint density at radius 3 is 2.30 bits per heavy atom. The number of carbonyl (C=O) groups is 1. The Hall–Kier alpha value is -0.530. The van der Waals surface area contributed by atoms with Gasteiger partial charge in [-0.15, -0.1) is 0 Å². The van der Waals surface area contributed by atoms with Gasteiger partial charge < -0.3 is 5.11 Å². The molecule has 1 aliphatic rings. The Morgan fingerprint density at radius 1 is 1.25 bits per heavy atom. The minimum atomic E-state index is -4.08. The molecule has 110 valence electrons. The zero-order chi connectivity index (χ0) is 15.1. The van der Waals surface area contributed by atoms with E-state index in [1.807, 2.05) is 0 Å². The molecule has 0 radical (unpaired) electrons. The number of sulfonamides is 1. The summed E-state index contributed by atoms with van der Waals surface area (Å²) in [6.07, 6.45) is 0.733. The number of carboxylic acids is 1. The van der Waals surface area contributed by atoms with Crippen LogP contribution < -0.4 is 0 Å². The van der Waals surface area contributed by atoms with Gasteiger partial charge in [-0.25, -0.2) is 8.42 Å². The van der Waals surface area contributed by atoms with Crippen LogP contribution in [-0.2, 0) is 14.8 Å². The molecule has 1 aliphatic heterocycles. The topological polar surface area (TPSA) is 74.7 Å². The molecule has 0 amide bonds. The highest BCUT2D eigenvalue weighted by molar-refractivity contribution is 7.89. The van der Waals surface area contributed by atoms with Crippen LogP contribution >= 0.6 is 34.8 Å². The van der Waals surface area contributed by atoms with Crippen LogP contribution in [0.1, 0.15) is 12.8 Å². The third-order valence-electron chi connectivity index (χ3n) is 3.02. The van der Waals surface area contributed by atoms with Gasteiger partial charge >= 0.3 is 5.97 Å². The van der Waals surface area contributed by atoms with E-state index in [9.17, 15) is 13.2 Å². The fourth-order valence-electron chi connectivity index (χ4n) is 2.17. The van der Waals surface area contributed by atoms with E-state index in [0.29, 0.717) is 6.42 Å². The number of nitrogens with zero attached hydrogens (tertiary/aromatic N) is 1. The first kappa shape index (κ1) is 15.9. The second kappa shape index (κ2) is 5.69. The summed E-state index contributed by atoms with van der Waals surface area (Å²) < 4.78 is 26.0. The molecule has 9 heteroatoms. The van der Waals surface area contributed by atoms with Crippen molar-refractivity contribution in [2.24, 2.45) is 0 Å². The number of benzene rings is 1. The lowest BCUT2D eigenvalue weighted by molar-refractivity contribution is -0.140. The minimum Gasteiger partial charge on any atom is -0.480 e. The first-order valence-corrected chi connectivity index (χ1v) is 8.21. The van der Waals surface area contributed by atoms with Gasteiger partial charge in [-0.3, -0.25) is 4.79 Å². The third kappa shape index (κ3) is 2.76. The summed E-state index contributed by atoms with van der Waals surface area (Å²) in [5.74, 6) is -1.19. The lowest BCUT2D eigenvalue weighted by Gasteiger charge is -2.22. The van der Waals surface area contributed by atoms with Gasteiger partial charge in [0.2, 0.25) is 10.0 Å². The van der Waals surface area contributed by atoms with E-state index < -0.39 is 22.0 Å². The van der Waals surface area contributed by atoms with E-state index in [0.717, 1.165) is 4.31 Å². The van der Waals surface area contributed by atoms with Crippen molar-refractivity contribution >= 4 is 50.8 Å². The summed E-state index contributed by atoms with van der Waals surface area (Å²) >= 11 is 17.5. The van der Waals surface area contributed by atoms with E-state index in [-0.39, 0.29) is 32.9 Å². The average Bonchev–Trinajstić information content (AvgIpc) is 2.75. The lowest BCUT2D eigenvalue weighted by Crippen LogP contribution is -2.40. The number of hydrogen-bond donors (Lipinski definition) is 1. The van der Waals surface area contributed by atoms with Crippen molar-refractivity contribution in [2.45, 2.75) is 23.8 Å². The zero-order valence-electron chi connectivity index (χ0n) is 10.0. The van der Waals surface area contributed by atoms with Gasteiger partial charge in [0.1, 0.15) is 10.9 Å². The van der Waals surface area contributed by atoms with Crippen LogP contribution in [0, 0.1) is 0 Å². The standard InChI is InChI=1S/C11H10Cl3NO4S/c12-6-4-7(13)10(8(14)5-6)20(18,19)15-3-1-2-9(15)11(16)17/h4-5,9H,1-3H2,(H,16,17)/t9-/m1/s1. The highest BCUT2D eigenvalue weighted by Crippen LogP contribution is 2.36. The summed E-state index contributed by atoms with van der Waals surface area (Å²) in [5, 5.41) is 9.03. The maximum atomic E-state index is 12.6.